The van der Waals surface area contributed by atoms with Crippen LogP contribution in [0.3, 0.4) is 0 Å². The van der Waals surface area contributed by atoms with Crippen molar-refractivity contribution in [3.8, 4) is 78.1 Å². The second-order valence-corrected chi connectivity index (χ2v) is 12.9. The molecule has 2 heteroatoms. The molecule has 0 fully saturated rings. The summed E-state index contributed by atoms with van der Waals surface area (Å²) in [6.45, 7) is 4.35. The molecule has 2 nitrogen and oxygen atoms in total. The first-order valence-electron chi connectivity index (χ1n) is 17.1. The summed E-state index contributed by atoms with van der Waals surface area (Å²) in [4.78, 5) is 9.44. The van der Waals surface area contributed by atoms with Gasteiger partial charge in [0, 0.05) is 23.5 Å². The van der Waals surface area contributed by atoms with E-state index in [1.807, 2.05) is 24.5 Å². The van der Waals surface area contributed by atoms with Gasteiger partial charge in [-0.25, -0.2) is 0 Å². The molecule has 50 heavy (non-hydrogen) atoms. The quantitative estimate of drug-likeness (QED) is 0.173. The lowest BCUT2D eigenvalue weighted by atomic mass is 9.86. The summed E-state index contributed by atoms with van der Waals surface area (Å²) < 4.78 is 0. The third-order valence-corrected chi connectivity index (χ3v) is 9.29. The molecule has 0 atom stereocenters. The highest BCUT2D eigenvalue weighted by Gasteiger charge is 2.16. The lowest BCUT2D eigenvalue weighted by Crippen LogP contribution is -1.93. The van der Waals surface area contributed by atoms with Crippen LogP contribution in [-0.2, 0) is 0 Å². The van der Waals surface area contributed by atoms with E-state index in [2.05, 4.69) is 172 Å². The van der Waals surface area contributed by atoms with Crippen LogP contribution in [0.2, 0.25) is 0 Å². The largest absolute Gasteiger partial charge is 0.256 e. The van der Waals surface area contributed by atoms with Crippen molar-refractivity contribution in [1.29, 1.82) is 0 Å². The maximum atomic E-state index is 4.72. The summed E-state index contributed by atoms with van der Waals surface area (Å²) >= 11 is 0. The number of benzene rings is 6. The Morgan fingerprint density at radius 1 is 0.300 bits per heavy atom. The molecule has 8 aromatic rings. The van der Waals surface area contributed by atoms with Crippen molar-refractivity contribution >= 4 is 0 Å². The molecule has 2 heterocycles. The Hall–Kier alpha value is -6.38. The fourth-order valence-electron chi connectivity index (χ4n) is 6.90. The van der Waals surface area contributed by atoms with Crippen LogP contribution < -0.4 is 0 Å². The van der Waals surface area contributed by atoms with Crippen LogP contribution >= 0.6 is 0 Å². The predicted octanol–water partition coefficient (Wildman–Crippen LogP) is 12.8. The van der Waals surface area contributed by atoms with Crippen LogP contribution in [0.5, 0.6) is 0 Å². The van der Waals surface area contributed by atoms with E-state index in [0.717, 1.165) is 33.6 Å². The molecule has 0 radical (unpaired) electrons. The van der Waals surface area contributed by atoms with E-state index in [-0.39, 0.29) is 0 Å². The summed E-state index contributed by atoms with van der Waals surface area (Å²) in [5, 5.41) is 0. The lowest BCUT2D eigenvalue weighted by Gasteiger charge is -2.18. The topological polar surface area (TPSA) is 25.8 Å². The van der Waals surface area contributed by atoms with Gasteiger partial charge in [-0.1, -0.05) is 157 Å². The van der Waals surface area contributed by atoms with E-state index in [1.165, 1.54) is 55.6 Å². The molecule has 0 amide bonds. The number of rotatable bonds is 7. The monoisotopic (exact) mass is 640 g/mol. The van der Waals surface area contributed by atoms with Crippen molar-refractivity contribution in [2.45, 2.75) is 13.8 Å². The average molecular weight is 641 g/mol. The van der Waals surface area contributed by atoms with Crippen LogP contribution in [0, 0.1) is 13.8 Å². The molecule has 238 valence electrons. The molecule has 6 aromatic carbocycles. The molecule has 0 spiro atoms. The average Bonchev–Trinajstić information content (AvgIpc) is 3.18. The van der Waals surface area contributed by atoms with Gasteiger partial charge in [0.2, 0.25) is 0 Å². The van der Waals surface area contributed by atoms with Gasteiger partial charge < -0.3 is 0 Å². The van der Waals surface area contributed by atoms with Gasteiger partial charge in [-0.3, -0.25) is 9.97 Å². The van der Waals surface area contributed by atoms with Gasteiger partial charge >= 0.3 is 0 Å². The fourth-order valence-corrected chi connectivity index (χ4v) is 6.90. The second kappa shape index (κ2) is 13.6. The van der Waals surface area contributed by atoms with Crippen LogP contribution in [0.15, 0.2) is 182 Å². The molecular weight excluding hydrogens is 605 g/mol. The SMILES string of the molecule is Cc1cc(C)cc(-c2c(-c3ccc(-c4cc(-c5ccccc5)ccn4)cc3)cccc2-c2ccc(-c3cc(-c4ccccc4)ccn3)cc2)c1. The zero-order valence-corrected chi connectivity index (χ0v) is 28.2. The van der Waals surface area contributed by atoms with E-state index in [9.17, 15) is 0 Å². The van der Waals surface area contributed by atoms with Crippen LogP contribution in [0.25, 0.3) is 78.1 Å². The Balaban J connectivity index is 1.18. The summed E-state index contributed by atoms with van der Waals surface area (Å²) in [5.41, 5.74) is 18.5. The standard InChI is InChI=1S/C48H36N2/c1-33-28-34(2)30-43(29-33)48-44(37-16-20-39(21-17-37)46-31-41(24-26-49-46)35-10-5-3-6-11-35)14-9-15-45(48)38-18-22-40(23-19-38)47-32-42(25-27-50-47)36-12-7-4-8-13-36/h3-32H,1-2H3. The molecule has 0 saturated heterocycles. The van der Waals surface area contributed by atoms with Crippen LogP contribution in [0.4, 0.5) is 0 Å². The van der Waals surface area contributed by atoms with Crippen LogP contribution in [0.1, 0.15) is 11.1 Å². The highest BCUT2D eigenvalue weighted by Crippen LogP contribution is 2.41. The highest BCUT2D eigenvalue weighted by molar-refractivity contribution is 5.95. The van der Waals surface area contributed by atoms with E-state index in [0.29, 0.717) is 0 Å². The minimum Gasteiger partial charge on any atom is -0.256 e. The Bertz CT molecular complexity index is 2250. The number of pyridine rings is 2. The van der Waals surface area contributed by atoms with E-state index >= 15 is 0 Å². The predicted molar refractivity (Wildman–Crippen MR) is 210 cm³/mol. The number of aryl methyl sites for hydroxylation is 2. The first-order chi connectivity index (χ1) is 24.6. The minimum atomic E-state index is 0.963. The van der Waals surface area contributed by atoms with Crippen LogP contribution in [-0.4, -0.2) is 9.97 Å². The zero-order chi connectivity index (χ0) is 33.9. The summed E-state index contributed by atoms with van der Waals surface area (Å²) in [6, 6.07) is 60.6. The van der Waals surface area contributed by atoms with Crippen molar-refractivity contribution in [3.63, 3.8) is 0 Å². The smallest absolute Gasteiger partial charge is 0.0708 e. The number of hydrogen-bond donors (Lipinski definition) is 0. The number of hydrogen-bond acceptors (Lipinski definition) is 2. The van der Waals surface area contributed by atoms with Crippen molar-refractivity contribution in [1.82, 2.24) is 9.97 Å². The van der Waals surface area contributed by atoms with Gasteiger partial charge in [-0.2, -0.15) is 0 Å². The first-order valence-corrected chi connectivity index (χ1v) is 17.1. The van der Waals surface area contributed by atoms with Gasteiger partial charge in [0.05, 0.1) is 11.4 Å². The fraction of sp³-hybridized carbons (Fsp3) is 0.0417. The Labute approximate surface area is 294 Å². The second-order valence-electron chi connectivity index (χ2n) is 12.9. The van der Waals surface area contributed by atoms with Crippen molar-refractivity contribution in [2.75, 3.05) is 0 Å². The molecule has 0 saturated carbocycles. The van der Waals surface area contributed by atoms with Gasteiger partial charge in [0.15, 0.2) is 0 Å². The Morgan fingerprint density at radius 2 is 0.720 bits per heavy atom. The van der Waals surface area contributed by atoms with Gasteiger partial charge in [0.25, 0.3) is 0 Å². The van der Waals surface area contributed by atoms with E-state index in [1.54, 1.807) is 0 Å². The summed E-state index contributed by atoms with van der Waals surface area (Å²) in [7, 11) is 0. The Morgan fingerprint density at radius 3 is 1.16 bits per heavy atom. The van der Waals surface area contributed by atoms with E-state index < -0.39 is 0 Å². The maximum absolute atomic E-state index is 4.72. The molecule has 0 aliphatic rings. The number of nitrogens with zero attached hydrogens (tertiary/aromatic N) is 2. The Kier molecular flexibility index (Phi) is 8.42. The van der Waals surface area contributed by atoms with Gasteiger partial charge in [-0.15, -0.1) is 0 Å². The molecule has 0 aliphatic heterocycles. The highest BCUT2D eigenvalue weighted by atomic mass is 14.7. The molecular formula is C48H36N2. The molecule has 2 aromatic heterocycles. The molecule has 0 unspecified atom stereocenters. The molecule has 0 aliphatic carbocycles. The zero-order valence-electron chi connectivity index (χ0n) is 28.2. The van der Waals surface area contributed by atoms with Gasteiger partial charge in [-0.05, 0) is 93.7 Å². The first kappa shape index (κ1) is 30.9. The normalized spacial score (nSPS) is 11.0. The molecule has 8 rings (SSSR count). The molecule has 0 bridgehead atoms. The summed E-state index contributed by atoms with van der Waals surface area (Å²) in [6.07, 6.45) is 3.79. The number of aromatic nitrogens is 2. The lowest BCUT2D eigenvalue weighted by molar-refractivity contribution is 1.32. The van der Waals surface area contributed by atoms with Gasteiger partial charge in [0.1, 0.15) is 0 Å². The maximum Gasteiger partial charge on any atom is 0.0708 e. The molecule has 0 N–H and O–H groups in total. The minimum absolute atomic E-state index is 0.963. The van der Waals surface area contributed by atoms with E-state index in [4.69, 9.17) is 9.97 Å². The summed E-state index contributed by atoms with van der Waals surface area (Å²) in [5.74, 6) is 0. The van der Waals surface area contributed by atoms with Crippen molar-refractivity contribution in [2.24, 2.45) is 0 Å². The third kappa shape index (κ3) is 6.40. The van der Waals surface area contributed by atoms with Crippen molar-refractivity contribution < 1.29 is 0 Å². The van der Waals surface area contributed by atoms with Crippen molar-refractivity contribution in [3.05, 3.63) is 193 Å². The third-order valence-electron chi connectivity index (χ3n) is 9.29.